The summed E-state index contributed by atoms with van der Waals surface area (Å²) in [5, 5.41) is 11.5. The Labute approximate surface area is 112 Å². The van der Waals surface area contributed by atoms with E-state index in [9.17, 15) is 4.39 Å². The normalized spacial score (nSPS) is 24.6. The third kappa shape index (κ3) is 2.80. The summed E-state index contributed by atoms with van der Waals surface area (Å²) in [4.78, 5) is 2.10. The number of nitrogens with zero attached hydrogens (tertiary/aromatic N) is 2. The molecule has 3 N–H and O–H groups in total. The Morgan fingerprint density at radius 2 is 2.16 bits per heavy atom. The van der Waals surface area contributed by atoms with Crippen molar-refractivity contribution in [1.82, 2.24) is 0 Å². The number of amidine groups is 1. The quantitative estimate of drug-likeness (QED) is 0.374. The molecule has 0 bridgehead atoms. The molecule has 0 aromatic heterocycles. The van der Waals surface area contributed by atoms with Gasteiger partial charge in [0.2, 0.25) is 0 Å². The monoisotopic (exact) mass is 265 g/mol. The summed E-state index contributed by atoms with van der Waals surface area (Å²) in [6.07, 6.45) is 2.25. The molecule has 1 aliphatic heterocycles. The molecule has 1 heterocycles. The number of nitrogens with two attached hydrogens (primary N) is 1. The van der Waals surface area contributed by atoms with Crippen LogP contribution in [-0.2, 0) is 0 Å². The van der Waals surface area contributed by atoms with Crippen molar-refractivity contribution < 1.29 is 9.60 Å². The van der Waals surface area contributed by atoms with E-state index in [2.05, 4.69) is 23.9 Å². The van der Waals surface area contributed by atoms with Gasteiger partial charge in [-0.25, -0.2) is 4.39 Å². The Morgan fingerprint density at radius 3 is 2.79 bits per heavy atom. The first-order valence-corrected chi connectivity index (χ1v) is 6.57. The van der Waals surface area contributed by atoms with Crippen molar-refractivity contribution in [1.29, 1.82) is 0 Å². The smallest absolute Gasteiger partial charge is 0.170 e. The number of piperidine rings is 1. The summed E-state index contributed by atoms with van der Waals surface area (Å²) in [5.41, 5.74) is 6.44. The summed E-state index contributed by atoms with van der Waals surface area (Å²) in [7, 11) is 0. The number of hydrogen-bond acceptors (Lipinski definition) is 3. The van der Waals surface area contributed by atoms with Crippen molar-refractivity contribution in [2.45, 2.75) is 32.7 Å². The molecule has 19 heavy (non-hydrogen) atoms. The average Bonchev–Trinajstić information content (AvgIpc) is 2.41. The third-order valence-corrected chi connectivity index (χ3v) is 3.78. The van der Waals surface area contributed by atoms with Crippen LogP contribution in [0, 0.1) is 11.7 Å². The zero-order valence-corrected chi connectivity index (χ0v) is 11.3. The van der Waals surface area contributed by atoms with E-state index in [0.29, 0.717) is 23.2 Å². The predicted octanol–water partition coefficient (Wildman–Crippen LogP) is 2.55. The fraction of sp³-hybridized carbons (Fsp3) is 0.500. The molecule has 0 amide bonds. The van der Waals surface area contributed by atoms with Gasteiger partial charge >= 0.3 is 0 Å². The van der Waals surface area contributed by atoms with Crippen molar-refractivity contribution in [3.05, 3.63) is 29.6 Å². The highest BCUT2D eigenvalue weighted by molar-refractivity contribution is 5.97. The summed E-state index contributed by atoms with van der Waals surface area (Å²) in [6, 6.07) is 5.04. The fourth-order valence-electron chi connectivity index (χ4n) is 2.58. The zero-order valence-electron chi connectivity index (χ0n) is 11.3. The first kappa shape index (κ1) is 13.6. The standard InChI is InChI=1S/C14H20FN3O/c1-9-3-4-10(2)18(8-9)13-6-5-11(7-12(13)15)14(16)17-19/h5-7,9-10,19H,3-4,8H2,1-2H3,(H2,16,17). The molecule has 1 saturated heterocycles. The highest BCUT2D eigenvalue weighted by Gasteiger charge is 2.25. The average molecular weight is 265 g/mol. The Bertz CT molecular complexity index is 490. The van der Waals surface area contributed by atoms with E-state index >= 15 is 0 Å². The van der Waals surface area contributed by atoms with Gasteiger partial charge in [0.25, 0.3) is 0 Å². The van der Waals surface area contributed by atoms with E-state index in [-0.39, 0.29) is 11.7 Å². The Kier molecular flexibility index (Phi) is 3.93. The summed E-state index contributed by atoms with van der Waals surface area (Å²) in [6.45, 7) is 5.16. The molecule has 0 saturated carbocycles. The lowest BCUT2D eigenvalue weighted by Gasteiger charge is -2.38. The molecule has 2 atom stereocenters. The van der Waals surface area contributed by atoms with Gasteiger partial charge < -0.3 is 15.8 Å². The second-order valence-corrected chi connectivity index (χ2v) is 5.34. The predicted molar refractivity (Wildman–Crippen MR) is 74.1 cm³/mol. The molecule has 5 heteroatoms. The van der Waals surface area contributed by atoms with Crippen molar-refractivity contribution in [3.8, 4) is 0 Å². The van der Waals surface area contributed by atoms with E-state index < -0.39 is 0 Å². The van der Waals surface area contributed by atoms with Crippen LogP contribution >= 0.6 is 0 Å². The number of anilines is 1. The molecule has 104 valence electrons. The van der Waals surface area contributed by atoms with Gasteiger partial charge in [0.1, 0.15) is 5.82 Å². The number of rotatable bonds is 2. The van der Waals surface area contributed by atoms with E-state index in [0.717, 1.165) is 13.0 Å². The van der Waals surface area contributed by atoms with Gasteiger partial charge in [0.05, 0.1) is 5.69 Å². The maximum absolute atomic E-state index is 14.2. The Morgan fingerprint density at radius 1 is 1.42 bits per heavy atom. The minimum absolute atomic E-state index is 0.0782. The highest BCUT2D eigenvalue weighted by Crippen LogP contribution is 2.29. The number of hydrogen-bond donors (Lipinski definition) is 2. The number of benzene rings is 1. The number of oxime groups is 1. The minimum atomic E-state index is -0.329. The topological polar surface area (TPSA) is 61.8 Å². The first-order valence-electron chi connectivity index (χ1n) is 6.57. The zero-order chi connectivity index (χ0) is 14.0. The minimum Gasteiger partial charge on any atom is -0.409 e. The van der Waals surface area contributed by atoms with Crippen molar-refractivity contribution >= 4 is 11.5 Å². The lowest BCUT2D eigenvalue weighted by molar-refractivity contribution is 0.318. The van der Waals surface area contributed by atoms with Crippen LogP contribution in [-0.4, -0.2) is 23.6 Å². The molecule has 4 nitrogen and oxygen atoms in total. The molecule has 0 aliphatic carbocycles. The number of halogens is 1. The molecular formula is C14H20FN3O. The molecular weight excluding hydrogens is 245 g/mol. The van der Waals surface area contributed by atoms with Crippen molar-refractivity contribution in [2.24, 2.45) is 16.8 Å². The molecule has 2 rings (SSSR count). The molecule has 0 radical (unpaired) electrons. The van der Waals surface area contributed by atoms with Crippen LogP contribution in [0.15, 0.2) is 23.4 Å². The van der Waals surface area contributed by atoms with Crippen molar-refractivity contribution in [2.75, 3.05) is 11.4 Å². The molecule has 1 fully saturated rings. The Balaban J connectivity index is 2.30. The summed E-state index contributed by atoms with van der Waals surface area (Å²) < 4.78 is 14.2. The fourth-order valence-corrected chi connectivity index (χ4v) is 2.58. The van der Waals surface area contributed by atoms with E-state index in [1.54, 1.807) is 12.1 Å². The van der Waals surface area contributed by atoms with Gasteiger partial charge in [0, 0.05) is 18.2 Å². The largest absolute Gasteiger partial charge is 0.409 e. The maximum atomic E-state index is 14.2. The van der Waals surface area contributed by atoms with E-state index in [1.165, 1.54) is 12.5 Å². The van der Waals surface area contributed by atoms with Crippen LogP contribution in [0.5, 0.6) is 0 Å². The van der Waals surface area contributed by atoms with Crippen LogP contribution in [0.4, 0.5) is 10.1 Å². The first-order chi connectivity index (χ1) is 9.02. The molecule has 0 spiro atoms. The van der Waals surface area contributed by atoms with Gasteiger partial charge in [-0.3, -0.25) is 0 Å². The molecule has 1 aromatic rings. The van der Waals surface area contributed by atoms with Gasteiger partial charge in [-0.15, -0.1) is 0 Å². The maximum Gasteiger partial charge on any atom is 0.170 e. The van der Waals surface area contributed by atoms with Gasteiger partial charge in [0.15, 0.2) is 5.84 Å². The third-order valence-electron chi connectivity index (χ3n) is 3.78. The van der Waals surface area contributed by atoms with Crippen LogP contribution < -0.4 is 10.6 Å². The summed E-state index contributed by atoms with van der Waals surface area (Å²) >= 11 is 0. The van der Waals surface area contributed by atoms with Crippen LogP contribution in [0.3, 0.4) is 0 Å². The molecule has 1 aliphatic rings. The lowest BCUT2D eigenvalue weighted by atomic mass is 9.94. The second-order valence-electron chi connectivity index (χ2n) is 5.34. The van der Waals surface area contributed by atoms with Gasteiger partial charge in [-0.2, -0.15) is 0 Å². The second kappa shape index (κ2) is 5.47. The summed E-state index contributed by atoms with van der Waals surface area (Å²) in [5.74, 6) is 0.162. The molecule has 2 unspecified atom stereocenters. The SMILES string of the molecule is CC1CCC(C)N(c2ccc(C(N)=NO)cc2F)C1. The van der Waals surface area contributed by atoms with E-state index in [4.69, 9.17) is 10.9 Å². The van der Waals surface area contributed by atoms with Gasteiger partial charge in [-0.1, -0.05) is 12.1 Å². The van der Waals surface area contributed by atoms with Gasteiger partial charge in [-0.05, 0) is 43.9 Å². The van der Waals surface area contributed by atoms with Crippen LogP contribution in [0.1, 0.15) is 32.3 Å². The Hall–Kier alpha value is -1.78. The van der Waals surface area contributed by atoms with Crippen LogP contribution in [0.25, 0.3) is 0 Å². The molecule has 1 aromatic carbocycles. The highest BCUT2D eigenvalue weighted by atomic mass is 19.1. The van der Waals surface area contributed by atoms with E-state index in [1.807, 2.05) is 0 Å². The van der Waals surface area contributed by atoms with Crippen molar-refractivity contribution in [3.63, 3.8) is 0 Å². The lowest BCUT2D eigenvalue weighted by Crippen LogP contribution is -2.41. The van der Waals surface area contributed by atoms with Crippen LogP contribution in [0.2, 0.25) is 0 Å².